The molecule has 3 aromatic carbocycles. The molecule has 1 saturated heterocycles. The van der Waals surface area contributed by atoms with E-state index in [4.69, 9.17) is 4.74 Å². The quantitative estimate of drug-likeness (QED) is 0.645. The van der Waals surface area contributed by atoms with E-state index in [9.17, 15) is 8.42 Å². The van der Waals surface area contributed by atoms with Gasteiger partial charge in [-0.25, -0.2) is 8.42 Å². The van der Waals surface area contributed by atoms with Crippen molar-refractivity contribution in [1.29, 1.82) is 0 Å². The van der Waals surface area contributed by atoms with Gasteiger partial charge in [-0.3, -0.25) is 0 Å². The van der Waals surface area contributed by atoms with E-state index in [1.165, 1.54) is 23.1 Å². The number of nitrogens with one attached hydrogen (secondary N) is 1. The van der Waals surface area contributed by atoms with Gasteiger partial charge in [0.25, 0.3) is 0 Å². The first kappa shape index (κ1) is 21.6. The molecule has 1 aliphatic rings. The van der Waals surface area contributed by atoms with Crippen LogP contribution >= 0.6 is 0 Å². The third-order valence-electron chi connectivity index (χ3n) is 5.98. The molecule has 0 saturated carbocycles. The number of ether oxygens (including phenoxy) is 1. The molecule has 1 aliphatic heterocycles. The lowest BCUT2D eigenvalue weighted by Gasteiger charge is -2.36. The van der Waals surface area contributed by atoms with Crippen molar-refractivity contribution in [1.82, 2.24) is 4.31 Å². The zero-order chi connectivity index (χ0) is 21.8. The third-order valence-corrected chi connectivity index (χ3v) is 7.90. The fraction of sp³-hybridized carbons (Fsp3) is 0.280. The van der Waals surface area contributed by atoms with Gasteiger partial charge in [0.05, 0.1) is 33.3 Å². The summed E-state index contributed by atoms with van der Waals surface area (Å²) in [6.07, 6.45) is 0. The van der Waals surface area contributed by atoms with E-state index in [1.54, 1.807) is 16.4 Å². The SMILES string of the molecule is COc1ccc(C)cc1S(=O)(=O)N1CC[NH+](C(c2ccccc2)c2ccccc2)CC1. The van der Waals surface area contributed by atoms with Gasteiger partial charge in [0.1, 0.15) is 16.7 Å². The summed E-state index contributed by atoms with van der Waals surface area (Å²) in [4.78, 5) is 1.63. The largest absolute Gasteiger partial charge is 0.495 e. The number of rotatable bonds is 6. The van der Waals surface area contributed by atoms with Crippen molar-refractivity contribution >= 4 is 10.0 Å². The van der Waals surface area contributed by atoms with Crippen molar-refractivity contribution in [3.63, 3.8) is 0 Å². The van der Waals surface area contributed by atoms with E-state index in [2.05, 4.69) is 48.5 Å². The van der Waals surface area contributed by atoms with Gasteiger partial charge in [0.15, 0.2) is 0 Å². The highest BCUT2D eigenvalue weighted by molar-refractivity contribution is 7.89. The Hall–Kier alpha value is -2.67. The van der Waals surface area contributed by atoms with E-state index in [-0.39, 0.29) is 10.9 Å². The Morgan fingerprint density at radius 2 is 1.42 bits per heavy atom. The molecule has 0 unspecified atom stereocenters. The predicted octanol–water partition coefficient (Wildman–Crippen LogP) is 2.68. The van der Waals surface area contributed by atoms with Gasteiger partial charge in [0.2, 0.25) is 10.0 Å². The average Bonchev–Trinajstić information content (AvgIpc) is 2.81. The van der Waals surface area contributed by atoms with Crippen molar-refractivity contribution in [3.05, 3.63) is 95.6 Å². The molecule has 3 aromatic rings. The first-order valence-electron chi connectivity index (χ1n) is 10.6. The zero-order valence-corrected chi connectivity index (χ0v) is 18.8. The van der Waals surface area contributed by atoms with Crippen LogP contribution in [0.2, 0.25) is 0 Å². The number of hydrogen-bond acceptors (Lipinski definition) is 3. The van der Waals surface area contributed by atoms with Crippen molar-refractivity contribution < 1.29 is 18.1 Å². The summed E-state index contributed by atoms with van der Waals surface area (Å²) in [5.41, 5.74) is 3.40. The average molecular weight is 438 g/mol. The number of hydrogen-bond donors (Lipinski definition) is 1. The van der Waals surface area contributed by atoms with E-state index in [1.807, 2.05) is 25.1 Å². The number of piperazine rings is 1. The Labute approximate surface area is 184 Å². The van der Waals surface area contributed by atoms with Crippen molar-refractivity contribution in [2.45, 2.75) is 17.9 Å². The lowest BCUT2D eigenvalue weighted by atomic mass is 9.96. The molecule has 0 amide bonds. The van der Waals surface area contributed by atoms with Gasteiger partial charge in [-0.05, 0) is 24.6 Å². The summed E-state index contributed by atoms with van der Waals surface area (Å²) in [6.45, 7) is 4.32. The maximum absolute atomic E-state index is 13.4. The Kier molecular flexibility index (Phi) is 6.41. The standard InChI is InChI=1S/C25H28N2O3S/c1-20-13-14-23(30-2)24(19-20)31(28,29)27-17-15-26(16-18-27)25(21-9-5-3-6-10-21)22-11-7-4-8-12-22/h3-14,19,25H,15-18H2,1-2H3/p+1. The van der Waals surface area contributed by atoms with Crippen LogP contribution in [-0.4, -0.2) is 46.0 Å². The summed E-state index contributed by atoms with van der Waals surface area (Å²) < 4.78 is 33.7. The van der Waals surface area contributed by atoms with Crippen LogP contribution in [0.4, 0.5) is 0 Å². The van der Waals surface area contributed by atoms with Crippen molar-refractivity contribution in [2.24, 2.45) is 0 Å². The molecular formula is C25H29N2O3S+. The van der Waals surface area contributed by atoms with E-state index in [0.29, 0.717) is 18.8 Å². The van der Waals surface area contributed by atoms with Gasteiger partial charge in [-0.1, -0.05) is 66.7 Å². The molecule has 0 bridgehead atoms. The molecule has 5 nitrogen and oxygen atoms in total. The highest BCUT2D eigenvalue weighted by Crippen LogP contribution is 2.28. The number of benzene rings is 3. The number of sulfonamides is 1. The second-order valence-corrected chi connectivity index (χ2v) is 9.88. The lowest BCUT2D eigenvalue weighted by Crippen LogP contribution is -3.15. The van der Waals surface area contributed by atoms with E-state index < -0.39 is 10.0 Å². The molecule has 1 fully saturated rings. The van der Waals surface area contributed by atoms with Crippen LogP contribution in [0.3, 0.4) is 0 Å². The first-order chi connectivity index (χ1) is 15.0. The number of nitrogens with zero attached hydrogens (tertiary/aromatic N) is 1. The van der Waals surface area contributed by atoms with Gasteiger partial charge < -0.3 is 9.64 Å². The molecule has 6 heteroatoms. The van der Waals surface area contributed by atoms with E-state index >= 15 is 0 Å². The monoisotopic (exact) mass is 437 g/mol. The molecule has 31 heavy (non-hydrogen) atoms. The highest BCUT2D eigenvalue weighted by Gasteiger charge is 2.36. The van der Waals surface area contributed by atoms with E-state index in [0.717, 1.165) is 18.7 Å². The fourth-order valence-corrected chi connectivity index (χ4v) is 6.06. The van der Waals surface area contributed by atoms with Crippen LogP contribution in [0, 0.1) is 6.92 Å². The smallest absolute Gasteiger partial charge is 0.247 e. The summed E-state index contributed by atoms with van der Waals surface area (Å²) in [6, 6.07) is 26.4. The lowest BCUT2D eigenvalue weighted by molar-refractivity contribution is -0.929. The van der Waals surface area contributed by atoms with Gasteiger partial charge in [0, 0.05) is 11.1 Å². The molecule has 0 spiro atoms. The minimum Gasteiger partial charge on any atom is -0.495 e. The molecule has 4 rings (SSSR count). The third kappa shape index (κ3) is 4.51. The Bertz CT molecular complexity index is 1070. The van der Waals surface area contributed by atoms with Gasteiger partial charge in [-0.15, -0.1) is 0 Å². The minimum absolute atomic E-state index is 0.181. The van der Waals surface area contributed by atoms with Crippen LogP contribution in [0.25, 0.3) is 0 Å². The molecule has 0 radical (unpaired) electrons. The Morgan fingerprint density at radius 3 is 1.94 bits per heavy atom. The molecule has 0 aliphatic carbocycles. The Morgan fingerprint density at radius 1 is 0.871 bits per heavy atom. The molecule has 1 heterocycles. The molecule has 1 N–H and O–H groups in total. The number of methoxy groups -OCH3 is 1. The minimum atomic E-state index is -3.61. The maximum atomic E-state index is 13.4. The van der Waals surface area contributed by atoms with Gasteiger partial charge >= 0.3 is 0 Å². The van der Waals surface area contributed by atoms with Crippen molar-refractivity contribution in [2.75, 3.05) is 33.3 Å². The molecule has 0 aromatic heterocycles. The summed E-state index contributed by atoms with van der Waals surface area (Å²) >= 11 is 0. The van der Waals surface area contributed by atoms with Crippen LogP contribution in [0.1, 0.15) is 22.7 Å². The first-order valence-corrected chi connectivity index (χ1v) is 12.0. The number of quaternary nitrogens is 1. The van der Waals surface area contributed by atoms with Crippen LogP contribution in [0.5, 0.6) is 5.75 Å². The topological polar surface area (TPSA) is 51.1 Å². The summed E-state index contributed by atoms with van der Waals surface area (Å²) in [7, 11) is -2.10. The normalized spacial score (nSPS) is 15.8. The summed E-state index contributed by atoms with van der Waals surface area (Å²) in [5.74, 6) is 0.395. The fourth-order valence-electron chi connectivity index (χ4n) is 4.38. The molecule has 162 valence electrons. The van der Waals surface area contributed by atoms with Crippen LogP contribution in [-0.2, 0) is 10.0 Å². The van der Waals surface area contributed by atoms with Crippen LogP contribution < -0.4 is 9.64 Å². The zero-order valence-electron chi connectivity index (χ0n) is 18.0. The van der Waals surface area contributed by atoms with Gasteiger partial charge in [-0.2, -0.15) is 4.31 Å². The number of aryl methyl sites for hydroxylation is 1. The Balaban J connectivity index is 1.58. The predicted molar refractivity (Wildman–Crippen MR) is 122 cm³/mol. The van der Waals surface area contributed by atoms with Crippen LogP contribution in [0.15, 0.2) is 83.8 Å². The maximum Gasteiger partial charge on any atom is 0.247 e. The highest BCUT2D eigenvalue weighted by atomic mass is 32.2. The molecular weight excluding hydrogens is 408 g/mol. The molecule has 0 atom stereocenters. The van der Waals surface area contributed by atoms with Crippen molar-refractivity contribution in [3.8, 4) is 5.75 Å². The second-order valence-electron chi connectivity index (χ2n) is 7.97. The summed E-state index contributed by atoms with van der Waals surface area (Å²) in [5, 5.41) is 0. The second kappa shape index (κ2) is 9.22.